The summed E-state index contributed by atoms with van der Waals surface area (Å²) in [4.78, 5) is 18.8. The molecule has 2 atom stereocenters. The number of hydrogen-bond acceptors (Lipinski definition) is 6. The van der Waals surface area contributed by atoms with E-state index >= 15 is 0 Å². The monoisotopic (exact) mass is 487 g/mol. The lowest BCUT2D eigenvalue weighted by atomic mass is 9.99. The van der Waals surface area contributed by atoms with Crippen molar-refractivity contribution in [3.05, 3.63) is 76.3 Å². The number of aliphatic carboxylic acids is 1. The molecule has 7 nitrogen and oxygen atoms in total. The number of para-hydroxylation sites is 1. The van der Waals surface area contributed by atoms with Crippen LogP contribution in [0.4, 0.5) is 5.82 Å². The van der Waals surface area contributed by atoms with Crippen LogP contribution in [0.25, 0.3) is 11.3 Å². The third-order valence-electron chi connectivity index (χ3n) is 7.51. The molecule has 188 valence electrons. The Morgan fingerprint density at radius 2 is 1.97 bits per heavy atom. The second-order valence-electron chi connectivity index (χ2n) is 9.66. The topological polar surface area (TPSA) is 83.9 Å². The van der Waals surface area contributed by atoms with Gasteiger partial charge in [0.25, 0.3) is 0 Å². The summed E-state index contributed by atoms with van der Waals surface area (Å²) in [5.41, 5.74) is 8.00. The minimum atomic E-state index is -0.789. The van der Waals surface area contributed by atoms with Gasteiger partial charge in [0.1, 0.15) is 18.2 Å². The van der Waals surface area contributed by atoms with Crippen LogP contribution in [0.15, 0.2) is 48.5 Å². The van der Waals surface area contributed by atoms with E-state index in [-0.39, 0.29) is 6.04 Å². The molecule has 3 aromatic rings. The summed E-state index contributed by atoms with van der Waals surface area (Å²) in [6.07, 6.45) is 0.573. The van der Waals surface area contributed by atoms with Crippen LogP contribution in [0.3, 0.4) is 0 Å². The molecule has 2 aliphatic rings. The number of carboxylic acid groups (broad SMARTS) is 1. The molecular formula is C29H33N3O4. The molecule has 1 saturated heterocycles. The molecule has 36 heavy (non-hydrogen) atoms. The maximum absolute atomic E-state index is 11.8. The van der Waals surface area contributed by atoms with Gasteiger partial charge in [0.2, 0.25) is 0 Å². The Labute approximate surface area is 212 Å². The van der Waals surface area contributed by atoms with E-state index in [1.165, 1.54) is 22.3 Å². The summed E-state index contributed by atoms with van der Waals surface area (Å²) < 4.78 is 11.8. The number of carboxylic acids is 1. The lowest BCUT2D eigenvalue weighted by Crippen LogP contribution is -2.39. The van der Waals surface area contributed by atoms with E-state index in [1.807, 2.05) is 30.3 Å². The SMILES string of the molecule is COC[C@@H]1[C@H](C(=O)O)CCN1c1cccc(-c2cccc(C)c2OCc2ccc3c(c2C)CNC3)n1. The third-order valence-corrected chi connectivity index (χ3v) is 7.51. The molecule has 0 amide bonds. The van der Waals surface area contributed by atoms with Crippen molar-refractivity contribution >= 4 is 11.8 Å². The van der Waals surface area contributed by atoms with Crippen LogP contribution in [0.1, 0.15) is 34.2 Å². The number of carbonyl (C=O) groups is 1. The van der Waals surface area contributed by atoms with Crippen LogP contribution >= 0.6 is 0 Å². The number of rotatable bonds is 8. The first-order chi connectivity index (χ1) is 17.5. The molecule has 3 heterocycles. The average Bonchev–Trinajstić information content (AvgIpc) is 3.52. The zero-order valence-corrected chi connectivity index (χ0v) is 21.1. The number of hydrogen-bond donors (Lipinski definition) is 2. The zero-order chi connectivity index (χ0) is 25.2. The molecule has 0 aliphatic carbocycles. The summed E-state index contributed by atoms with van der Waals surface area (Å²) in [6.45, 7) is 7.52. The van der Waals surface area contributed by atoms with Crippen LogP contribution in [0, 0.1) is 19.8 Å². The van der Waals surface area contributed by atoms with E-state index in [2.05, 4.69) is 42.3 Å². The summed E-state index contributed by atoms with van der Waals surface area (Å²) >= 11 is 0. The molecule has 0 spiro atoms. The molecule has 5 rings (SSSR count). The van der Waals surface area contributed by atoms with Gasteiger partial charge in [0.05, 0.1) is 24.3 Å². The van der Waals surface area contributed by atoms with Gasteiger partial charge in [-0.25, -0.2) is 4.98 Å². The smallest absolute Gasteiger partial charge is 0.308 e. The average molecular weight is 488 g/mol. The Bertz CT molecular complexity index is 1280. The number of methoxy groups -OCH3 is 1. The van der Waals surface area contributed by atoms with Crippen molar-refractivity contribution in [3.8, 4) is 17.0 Å². The number of nitrogens with zero attached hydrogens (tertiary/aromatic N) is 2. The highest BCUT2D eigenvalue weighted by atomic mass is 16.5. The first kappa shape index (κ1) is 24.3. The Hall–Kier alpha value is -3.42. The van der Waals surface area contributed by atoms with Crippen molar-refractivity contribution in [2.75, 3.05) is 25.2 Å². The maximum Gasteiger partial charge on any atom is 0.308 e. The number of pyridine rings is 1. The van der Waals surface area contributed by atoms with E-state index in [9.17, 15) is 9.90 Å². The lowest BCUT2D eigenvalue weighted by Gasteiger charge is -2.27. The third kappa shape index (κ3) is 4.56. The fraction of sp³-hybridized carbons (Fsp3) is 0.379. The predicted molar refractivity (Wildman–Crippen MR) is 139 cm³/mol. The molecular weight excluding hydrogens is 454 g/mol. The highest BCUT2D eigenvalue weighted by molar-refractivity contribution is 5.74. The highest BCUT2D eigenvalue weighted by Crippen LogP contribution is 2.36. The number of aromatic nitrogens is 1. The van der Waals surface area contributed by atoms with E-state index in [0.29, 0.717) is 26.2 Å². The minimum absolute atomic E-state index is 0.249. The van der Waals surface area contributed by atoms with Crippen molar-refractivity contribution in [2.45, 2.75) is 46.0 Å². The number of benzene rings is 2. The number of anilines is 1. The highest BCUT2D eigenvalue weighted by Gasteiger charge is 2.39. The van der Waals surface area contributed by atoms with Gasteiger partial charge in [-0.15, -0.1) is 0 Å². The Balaban J connectivity index is 1.43. The van der Waals surface area contributed by atoms with Gasteiger partial charge < -0.3 is 24.8 Å². The molecule has 1 aromatic heterocycles. The zero-order valence-electron chi connectivity index (χ0n) is 21.1. The Morgan fingerprint density at radius 1 is 1.14 bits per heavy atom. The molecule has 7 heteroatoms. The maximum atomic E-state index is 11.8. The van der Waals surface area contributed by atoms with E-state index in [1.54, 1.807) is 7.11 Å². The molecule has 0 unspecified atom stereocenters. The van der Waals surface area contributed by atoms with Crippen LogP contribution < -0.4 is 15.0 Å². The van der Waals surface area contributed by atoms with Gasteiger partial charge in [0, 0.05) is 32.3 Å². The fourth-order valence-corrected chi connectivity index (χ4v) is 5.48. The van der Waals surface area contributed by atoms with Crippen molar-refractivity contribution in [2.24, 2.45) is 5.92 Å². The Kier molecular flexibility index (Phi) is 6.94. The number of aryl methyl sites for hydroxylation is 1. The van der Waals surface area contributed by atoms with Gasteiger partial charge in [-0.05, 0) is 66.3 Å². The van der Waals surface area contributed by atoms with Crippen LogP contribution in [0.5, 0.6) is 5.75 Å². The second kappa shape index (κ2) is 10.3. The molecule has 0 bridgehead atoms. The molecule has 1 fully saturated rings. The van der Waals surface area contributed by atoms with Crippen LogP contribution in [-0.2, 0) is 29.2 Å². The van der Waals surface area contributed by atoms with E-state index in [4.69, 9.17) is 14.5 Å². The fourth-order valence-electron chi connectivity index (χ4n) is 5.48. The summed E-state index contributed by atoms with van der Waals surface area (Å²) in [7, 11) is 1.61. The molecule has 2 aromatic carbocycles. The summed E-state index contributed by atoms with van der Waals surface area (Å²) in [5, 5.41) is 13.1. The Morgan fingerprint density at radius 3 is 2.78 bits per heavy atom. The van der Waals surface area contributed by atoms with Gasteiger partial charge >= 0.3 is 5.97 Å². The van der Waals surface area contributed by atoms with E-state index in [0.717, 1.165) is 41.5 Å². The summed E-state index contributed by atoms with van der Waals surface area (Å²) in [5.74, 6) is 0.313. The van der Waals surface area contributed by atoms with Gasteiger partial charge in [-0.2, -0.15) is 0 Å². The first-order valence-electron chi connectivity index (χ1n) is 12.5. The quantitative estimate of drug-likeness (QED) is 0.485. The van der Waals surface area contributed by atoms with Gasteiger partial charge in [-0.1, -0.05) is 30.3 Å². The molecule has 2 N–H and O–H groups in total. The molecule has 0 radical (unpaired) electrons. The number of ether oxygens (including phenoxy) is 2. The second-order valence-corrected chi connectivity index (χ2v) is 9.66. The van der Waals surface area contributed by atoms with Crippen molar-refractivity contribution in [1.82, 2.24) is 10.3 Å². The standard InChI is InChI=1S/C29H33N3O4/c1-18-6-4-7-22(28(18)36-16-21-11-10-20-14-30-15-24(20)19(21)2)25-8-5-9-27(31-25)32-13-12-23(29(33)34)26(32)17-35-3/h4-11,23,26,30H,12-17H2,1-3H3,(H,33,34)/t23-,26-/m1/s1. The van der Waals surface area contributed by atoms with E-state index < -0.39 is 11.9 Å². The largest absolute Gasteiger partial charge is 0.488 e. The normalized spacial score (nSPS) is 18.9. The van der Waals surface area contributed by atoms with Gasteiger partial charge in [0.15, 0.2) is 0 Å². The minimum Gasteiger partial charge on any atom is -0.488 e. The predicted octanol–water partition coefficient (Wildman–Crippen LogP) is 4.47. The van der Waals surface area contributed by atoms with Crippen molar-refractivity contribution in [1.29, 1.82) is 0 Å². The number of nitrogens with one attached hydrogen (secondary N) is 1. The summed E-state index contributed by atoms with van der Waals surface area (Å²) in [6, 6.07) is 16.1. The van der Waals surface area contributed by atoms with Gasteiger partial charge in [-0.3, -0.25) is 4.79 Å². The van der Waals surface area contributed by atoms with Crippen molar-refractivity contribution < 1.29 is 19.4 Å². The molecule has 0 saturated carbocycles. The first-order valence-corrected chi connectivity index (χ1v) is 12.5. The number of fused-ring (bicyclic) bond motifs is 1. The molecule has 2 aliphatic heterocycles. The van der Waals surface area contributed by atoms with Crippen molar-refractivity contribution in [3.63, 3.8) is 0 Å². The van der Waals surface area contributed by atoms with Crippen LogP contribution in [-0.4, -0.2) is 42.4 Å². The lowest BCUT2D eigenvalue weighted by molar-refractivity contribution is -0.142. The van der Waals surface area contributed by atoms with Crippen LogP contribution in [0.2, 0.25) is 0 Å².